The van der Waals surface area contributed by atoms with Gasteiger partial charge >= 0.3 is 0 Å². The van der Waals surface area contributed by atoms with E-state index in [0.29, 0.717) is 0 Å². The smallest absolute Gasteiger partial charge is 0.127 e. The van der Waals surface area contributed by atoms with Crippen molar-refractivity contribution in [1.82, 2.24) is 0 Å². The Labute approximate surface area is 168 Å². The van der Waals surface area contributed by atoms with Gasteiger partial charge in [0.25, 0.3) is 0 Å². The predicted molar refractivity (Wildman–Crippen MR) is 117 cm³/mol. The molecule has 6 rings (SSSR count). The molecular formula is C26H18OS. The van der Waals surface area contributed by atoms with Gasteiger partial charge in [0.2, 0.25) is 0 Å². The van der Waals surface area contributed by atoms with E-state index in [-0.39, 0.29) is 0 Å². The van der Waals surface area contributed by atoms with Crippen molar-refractivity contribution in [2.45, 2.75) is 16.2 Å². The number of fused-ring (bicyclic) bond motifs is 5. The number of hydrogen-bond donors (Lipinski definition) is 0. The van der Waals surface area contributed by atoms with Gasteiger partial charge in [-0.05, 0) is 51.2 Å². The van der Waals surface area contributed by atoms with Crippen LogP contribution >= 0.6 is 11.8 Å². The highest BCUT2D eigenvalue weighted by Crippen LogP contribution is 2.51. The van der Waals surface area contributed by atoms with Crippen LogP contribution in [0.2, 0.25) is 0 Å². The van der Waals surface area contributed by atoms with Crippen LogP contribution in [0.4, 0.5) is 0 Å². The molecule has 0 unspecified atom stereocenters. The third kappa shape index (κ3) is 2.35. The third-order valence-electron chi connectivity index (χ3n) is 5.64. The molecule has 0 fully saturated rings. The molecule has 0 spiro atoms. The Kier molecular flexibility index (Phi) is 3.60. The summed E-state index contributed by atoms with van der Waals surface area (Å²) < 4.78 is 6.09. The predicted octanol–water partition coefficient (Wildman–Crippen LogP) is 7.05. The highest BCUT2D eigenvalue weighted by Gasteiger charge is 2.27. The number of hydrogen-bond acceptors (Lipinski definition) is 2. The van der Waals surface area contributed by atoms with E-state index in [2.05, 4.69) is 84.9 Å². The van der Waals surface area contributed by atoms with Gasteiger partial charge in [-0.25, -0.2) is 0 Å². The maximum absolute atomic E-state index is 6.09. The molecule has 0 saturated carbocycles. The molecule has 0 radical (unpaired) electrons. The van der Waals surface area contributed by atoms with E-state index in [1.54, 1.807) is 0 Å². The van der Waals surface area contributed by atoms with Crippen LogP contribution < -0.4 is 4.74 Å². The van der Waals surface area contributed by atoms with E-state index >= 15 is 0 Å². The fourth-order valence-electron chi connectivity index (χ4n) is 4.43. The lowest BCUT2D eigenvalue weighted by molar-refractivity contribution is 0.317. The van der Waals surface area contributed by atoms with Gasteiger partial charge in [0, 0.05) is 21.8 Å². The zero-order chi connectivity index (χ0) is 18.5. The van der Waals surface area contributed by atoms with Crippen molar-refractivity contribution < 1.29 is 4.74 Å². The van der Waals surface area contributed by atoms with Crippen molar-refractivity contribution in [1.29, 1.82) is 0 Å². The van der Waals surface area contributed by atoms with E-state index in [1.807, 2.05) is 11.8 Å². The number of benzene rings is 4. The Balaban J connectivity index is 1.76. The molecule has 0 aliphatic carbocycles. The van der Waals surface area contributed by atoms with Gasteiger partial charge in [0.05, 0.1) is 6.61 Å². The van der Waals surface area contributed by atoms with E-state index in [0.717, 1.165) is 18.8 Å². The van der Waals surface area contributed by atoms with Crippen LogP contribution in [0.1, 0.15) is 23.1 Å². The van der Waals surface area contributed by atoms with Crippen molar-refractivity contribution in [2.24, 2.45) is 0 Å². The fraction of sp³-hybridized carbons (Fsp3) is 0.0769. The monoisotopic (exact) mass is 378 g/mol. The zero-order valence-electron chi connectivity index (χ0n) is 15.3. The van der Waals surface area contributed by atoms with Crippen LogP contribution in [0.25, 0.3) is 21.9 Å². The Morgan fingerprint density at radius 3 is 2.14 bits per heavy atom. The molecule has 0 saturated heterocycles. The van der Waals surface area contributed by atoms with Crippen LogP contribution in [-0.4, -0.2) is 6.61 Å². The van der Waals surface area contributed by atoms with Crippen molar-refractivity contribution in [2.75, 3.05) is 6.61 Å². The van der Waals surface area contributed by atoms with Crippen LogP contribution in [0, 0.1) is 0 Å². The van der Waals surface area contributed by atoms with E-state index in [9.17, 15) is 0 Å². The average Bonchev–Trinajstić information content (AvgIpc) is 2.77. The molecule has 4 aromatic carbocycles. The fourth-order valence-corrected chi connectivity index (χ4v) is 5.52. The van der Waals surface area contributed by atoms with E-state index in [4.69, 9.17) is 4.74 Å². The summed E-state index contributed by atoms with van der Waals surface area (Å²) >= 11 is 1.87. The van der Waals surface area contributed by atoms with Crippen LogP contribution in [0.3, 0.4) is 0 Å². The van der Waals surface area contributed by atoms with E-state index < -0.39 is 0 Å². The molecule has 0 N–H and O–H groups in total. The van der Waals surface area contributed by atoms with Gasteiger partial charge < -0.3 is 4.74 Å². The molecular weight excluding hydrogens is 360 g/mol. The zero-order valence-corrected chi connectivity index (χ0v) is 16.1. The molecule has 0 amide bonds. The lowest BCUT2D eigenvalue weighted by atomic mass is 9.84. The summed E-state index contributed by atoms with van der Waals surface area (Å²) in [5, 5.41) is 2.53. The first-order chi connectivity index (χ1) is 13.9. The SMILES string of the molecule is c1ccc2c(c1)Sc1ccccc1C2=C1CCOc2ccc3ccccc3c21. The van der Waals surface area contributed by atoms with Gasteiger partial charge in [-0.15, -0.1) is 0 Å². The second-order valence-electron chi connectivity index (χ2n) is 7.21. The Hall–Kier alpha value is -2.97. The van der Waals surface area contributed by atoms with E-state index in [1.165, 1.54) is 48.4 Å². The normalized spacial score (nSPS) is 14.9. The largest absolute Gasteiger partial charge is 0.493 e. The number of ether oxygens (including phenoxy) is 1. The molecule has 1 nitrogen and oxygen atoms in total. The molecule has 0 aromatic heterocycles. The van der Waals surface area contributed by atoms with Crippen LogP contribution in [-0.2, 0) is 0 Å². The van der Waals surface area contributed by atoms with Gasteiger partial charge in [0.1, 0.15) is 5.75 Å². The highest BCUT2D eigenvalue weighted by molar-refractivity contribution is 7.99. The van der Waals surface area contributed by atoms with Crippen LogP contribution in [0.5, 0.6) is 5.75 Å². The van der Waals surface area contributed by atoms with Gasteiger partial charge in [0.15, 0.2) is 0 Å². The molecule has 0 atom stereocenters. The minimum Gasteiger partial charge on any atom is -0.493 e. The summed E-state index contributed by atoms with van der Waals surface area (Å²) in [5.74, 6) is 1.00. The molecule has 0 bridgehead atoms. The summed E-state index contributed by atoms with van der Waals surface area (Å²) in [5.41, 5.74) is 6.70. The van der Waals surface area contributed by atoms with Gasteiger partial charge in [-0.3, -0.25) is 0 Å². The Morgan fingerprint density at radius 2 is 1.36 bits per heavy atom. The molecule has 2 heterocycles. The first kappa shape index (κ1) is 16.0. The van der Waals surface area contributed by atoms with Crippen molar-refractivity contribution >= 4 is 33.7 Å². The lowest BCUT2D eigenvalue weighted by Crippen LogP contribution is -2.11. The van der Waals surface area contributed by atoms with Crippen molar-refractivity contribution in [3.05, 3.63) is 102 Å². The van der Waals surface area contributed by atoms with Gasteiger partial charge in [-0.2, -0.15) is 0 Å². The molecule has 4 aromatic rings. The molecule has 2 aliphatic heterocycles. The average molecular weight is 378 g/mol. The molecule has 2 heteroatoms. The molecule has 134 valence electrons. The first-order valence-electron chi connectivity index (χ1n) is 9.65. The number of rotatable bonds is 0. The standard InChI is InChI=1S/C26H18OS/c1-2-8-18-17(7-1)13-14-22-26(18)21(15-16-27-22)25-19-9-3-5-11-23(19)28-24-12-6-4-10-20(24)25/h1-14H,15-16H2. The maximum Gasteiger partial charge on any atom is 0.127 e. The minimum absolute atomic E-state index is 0.724. The van der Waals surface area contributed by atoms with Gasteiger partial charge in [-0.1, -0.05) is 78.5 Å². The Bertz CT molecular complexity index is 1220. The second-order valence-corrected chi connectivity index (χ2v) is 8.29. The molecule has 28 heavy (non-hydrogen) atoms. The summed E-state index contributed by atoms with van der Waals surface area (Å²) in [6.45, 7) is 0.724. The third-order valence-corrected chi connectivity index (χ3v) is 6.79. The van der Waals surface area contributed by atoms with Crippen molar-refractivity contribution in [3.8, 4) is 5.75 Å². The van der Waals surface area contributed by atoms with Crippen molar-refractivity contribution in [3.63, 3.8) is 0 Å². The Morgan fingerprint density at radius 1 is 0.679 bits per heavy atom. The van der Waals surface area contributed by atoms with Crippen LogP contribution in [0.15, 0.2) is 94.7 Å². The minimum atomic E-state index is 0.724. The quantitative estimate of drug-likeness (QED) is 0.286. The second kappa shape index (κ2) is 6.29. The highest BCUT2D eigenvalue weighted by atomic mass is 32.2. The maximum atomic E-state index is 6.09. The topological polar surface area (TPSA) is 9.23 Å². The summed E-state index contributed by atoms with van der Waals surface area (Å²) in [4.78, 5) is 2.66. The summed E-state index contributed by atoms with van der Waals surface area (Å²) in [7, 11) is 0. The summed E-state index contributed by atoms with van der Waals surface area (Å²) in [6, 6.07) is 30.5. The summed E-state index contributed by atoms with van der Waals surface area (Å²) in [6.07, 6.45) is 0.920. The molecule has 2 aliphatic rings. The lowest BCUT2D eigenvalue weighted by Gasteiger charge is -2.29. The first-order valence-corrected chi connectivity index (χ1v) is 10.5.